The van der Waals surface area contributed by atoms with Gasteiger partial charge in [0.1, 0.15) is 0 Å². The summed E-state index contributed by atoms with van der Waals surface area (Å²) in [4.78, 5) is 0. The summed E-state index contributed by atoms with van der Waals surface area (Å²) in [5.74, 6) is 3.33. The Hall–Kier alpha value is -0.780. The molecule has 0 aromatic heterocycles. The molecular weight excluding hydrogens is 276 g/mol. The summed E-state index contributed by atoms with van der Waals surface area (Å²) in [7, 11) is 0. The van der Waals surface area contributed by atoms with Crippen LogP contribution in [-0.2, 0) is 0 Å². The zero-order chi connectivity index (χ0) is 16.7. The van der Waals surface area contributed by atoms with E-state index in [0.29, 0.717) is 0 Å². The van der Waals surface area contributed by atoms with E-state index in [1.54, 1.807) is 11.1 Å². The zero-order valence-electron chi connectivity index (χ0n) is 16.0. The van der Waals surface area contributed by atoms with Crippen LogP contribution in [0.5, 0.6) is 0 Å². The van der Waals surface area contributed by atoms with Gasteiger partial charge in [0, 0.05) is 0 Å². The van der Waals surface area contributed by atoms with E-state index >= 15 is 0 Å². The molecule has 2 aliphatic rings. The molecule has 0 bridgehead atoms. The largest absolute Gasteiger partial charge is 0.0885 e. The maximum Gasteiger partial charge on any atom is -0.0176 e. The smallest absolute Gasteiger partial charge is 0.0176 e. The first-order valence-corrected chi connectivity index (χ1v) is 10.1. The third-order valence-corrected chi connectivity index (χ3v) is 6.39. The fourth-order valence-electron chi connectivity index (χ4n) is 4.62. The molecule has 0 amide bonds. The normalized spacial score (nSPS) is 30.2. The lowest BCUT2D eigenvalue weighted by atomic mass is 9.70. The first-order valence-electron chi connectivity index (χ1n) is 10.1. The molecule has 23 heavy (non-hydrogen) atoms. The van der Waals surface area contributed by atoms with Crippen molar-refractivity contribution in [1.29, 1.82) is 0 Å². The highest BCUT2D eigenvalue weighted by Gasteiger charge is 2.29. The fraction of sp³-hybridized carbons (Fsp3) is 0.739. The van der Waals surface area contributed by atoms with Crippen molar-refractivity contribution in [2.75, 3.05) is 0 Å². The van der Waals surface area contributed by atoms with Crippen LogP contribution in [0.4, 0.5) is 0 Å². The van der Waals surface area contributed by atoms with Crippen LogP contribution in [0.2, 0.25) is 0 Å². The molecule has 130 valence electrons. The van der Waals surface area contributed by atoms with Gasteiger partial charge in [-0.05, 0) is 88.9 Å². The van der Waals surface area contributed by atoms with Crippen LogP contribution in [0.15, 0.2) is 35.5 Å². The lowest BCUT2D eigenvalue weighted by Gasteiger charge is -2.35. The monoisotopic (exact) mass is 314 g/mol. The minimum atomic E-state index is 0.796. The topological polar surface area (TPSA) is 0 Å². The van der Waals surface area contributed by atoms with Crippen molar-refractivity contribution in [2.45, 2.75) is 85.5 Å². The van der Waals surface area contributed by atoms with Crippen LogP contribution in [0.3, 0.4) is 0 Å². The van der Waals surface area contributed by atoms with E-state index in [0.717, 1.165) is 23.7 Å². The maximum atomic E-state index is 2.56. The van der Waals surface area contributed by atoms with Crippen molar-refractivity contribution in [3.8, 4) is 0 Å². The van der Waals surface area contributed by atoms with Crippen molar-refractivity contribution < 1.29 is 0 Å². The third-order valence-electron chi connectivity index (χ3n) is 6.39. The van der Waals surface area contributed by atoms with Gasteiger partial charge in [-0.1, -0.05) is 55.7 Å². The van der Waals surface area contributed by atoms with Gasteiger partial charge in [0.15, 0.2) is 0 Å². The molecule has 0 heterocycles. The minimum absolute atomic E-state index is 0.796. The molecule has 0 spiro atoms. The summed E-state index contributed by atoms with van der Waals surface area (Å²) >= 11 is 0. The Labute approximate surface area is 145 Å². The van der Waals surface area contributed by atoms with E-state index in [4.69, 9.17) is 0 Å². The van der Waals surface area contributed by atoms with Gasteiger partial charge >= 0.3 is 0 Å². The molecule has 0 N–H and O–H groups in total. The van der Waals surface area contributed by atoms with Crippen molar-refractivity contribution >= 4 is 0 Å². The van der Waals surface area contributed by atoms with Gasteiger partial charge in [-0.15, -0.1) is 0 Å². The Bertz CT molecular complexity index is 437. The van der Waals surface area contributed by atoms with Crippen molar-refractivity contribution in [3.05, 3.63) is 35.5 Å². The van der Waals surface area contributed by atoms with E-state index in [2.05, 4.69) is 52.0 Å². The van der Waals surface area contributed by atoms with E-state index < -0.39 is 0 Å². The molecule has 0 saturated heterocycles. The second-order valence-corrected chi connectivity index (χ2v) is 8.10. The molecule has 0 aliphatic heterocycles. The van der Waals surface area contributed by atoms with Gasteiger partial charge in [0.05, 0.1) is 0 Å². The number of rotatable bonds is 7. The van der Waals surface area contributed by atoms with Gasteiger partial charge < -0.3 is 0 Å². The maximum absolute atomic E-state index is 2.56. The summed E-state index contributed by atoms with van der Waals surface area (Å²) < 4.78 is 0. The lowest BCUT2D eigenvalue weighted by Crippen LogP contribution is -2.25. The van der Waals surface area contributed by atoms with E-state index in [-0.39, 0.29) is 0 Å². The molecule has 2 rings (SSSR count). The molecule has 4 unspecified atom stereocenters. The van der Waals surface area contributed by atoms with Gasteiger partial charge in [0.2, 0.25) is 0 Å². The molecule has 0 nitrogen and oxygen atoms in total. The van der Waals surface area contributed by atoms with Crippen molar-refractivity contribution in [1.82, 2.24) is 0 Å². The average molecular weight is 315 g/mol. The Kier molecular flexibility index (Phi) is 7.66. The van der Waals surface area contributed by atoms with E-state index in [1.165, 1.54) is 57.8 Å². The van der Waals surface area contributed by atoms with Crippen molar-refractivity contribution in [3.63, 3.8) is 0 Å². The second-order valence-electron chi connectivity index (χ2n) is 8.10. The predicted molar refractivity (Wildman–Crippen MR) is 104 cm³/mol. The number of unbranched alkanes of at least 4 members (excludes halogenated alkanes) is 1. The summed E-state index contributed by atoms with van der Waals surface area (Å²) in [5, 5.41) is 0. The lowest BCUT2D eigenvalue weighted by molar-refractivity contribution is 0.233. The zero-order valence-corrected chi connectivity index (χ0v) is 16.0. The van der Waals surface area contributed by atoms with Gasteiger partial charge in [-0.2, -0.15) is 0 Å². The predicted octanol–water partition coefficient (Wildman–Crippen LogP) is 7.48. The van der Waals surface area contributed by atoms with E-state index in [1.807, 2.05) is 0 Å². The fourth-order valence-corrected chi connectivity index (χ4v) is 4.62. The Balaban J connectivity index is 2.07. The van der Waals surface area contributed by atoms with Crippen LogP contribution >= 0.6 is 0 Å². The minimum Gasteiger partial charge on any atom is -0.0885 e. The molecule has 0 fully saturated rings. The molecule has 0 saturated carbocycles. The highest BCUT2D eigenvalue weighted by molar-refractivity contribution is 5.16. The first-order chi connectivity index (χ1) is 11.1. The van der Waals surface area contributed by atoms with Gasteiger partial charge in [0.25, 0.3) is 0 Å². The number of hydrogen-bond acceptors (Lipinski definition) is 0. The SMILES string of the molecule is CCC/C=C\CC(CC1CCCC(C)=C1C)C1C=CCCC1C. The Morgan fingerprint density at radius 2 is 2.04 bits per heavy atom. The van der Waals surface area contributed by atoms with Crippen LogP contribution in [0.25, 0.3) is 0 Å². The Morgan fingerprint density at radius 3 is 2.78 bits per heavy atom. The van der Waals surface area contributed by atoms with Crippen LogP contribution in [0, 0.1) is 23.7 Å². The standard InChI is InChI=1S/C23H38/c1-5-6-7-8-14-22(23-16-10-9-12-19(23)3)17-21-15-11-13-18(2)20(21)4/h7-8,10,16,19,21-23H,5-6,9,11-15,17H2,1-4H3/b8-7-. The van der Waals surface area contributed by atoms with Crippen molar-refractivity contribution in [2.24, 2.45) is 23.7 Å². The molecule has 4 atom stereocenters. The highest BCUT2D eigenvalue weighted by Crippen LogP contribution is 2.40. The number of hydrogen-bond donors (Lipinski definition) is 0. The molecule has 0 aromatic rings. The molecule has 0 heteroatoms. The molecule has 0 radical (unpaired) electrons. The van der Waals surface area contributed by atoms with Gasteiger partial charge in [-0.25, -0.2) is 0 Å². The average Bonchev–Trinajstić information content (AvgIpc) is 2.55. The van der Waals surface area contributed by atoms with Crippen LogP contribution < -0.4 is 0 Å². The molecule has 0 aromatic carbocycles. The van der Waals surface area contributed by atoms with Crippen LogP contribution in [-0.4, -0.2) is 0 Å². The van der Waals surface area contributed by atoms with Gasteiger partial charge in [-0.3, -0.25) is 0 Å². The number of allylic oxidation sites excluding steroid dienone is 6. The third kappa shape index (κ3) is 5.37. The Morgan fingerprint density at radius 1 is 1.22 bits per heavy atom. The molecule has 2 aliphatic carbocycles. The summed E-state index contributed by atoms with van der Waals surface area (Å²) in [6.07, 6.45) is 21.9. The van der Waals surface area contributed by atoms with E-state index in [9.17, 15) is 0 Å². The summed E-state index contributed by atoms with van der Waals surface area (Å²) in [6, 6.07) is 0. The quantitative estimate of drug-likeness (QED) is 0.427. The second kappa shape index (κ2) is 9.50. The summed E-state index contributed by atoms with van der Waals surface area (Å²) in [6.45, 7) is 9.52. The summed E-state index contributed by atoms with van der Waals surface area (Å²) in [5.41, 5.74) is 3.39. The highest BCUT2D eigenvalue weighted by atomic mass is 14.3. The van der Waals surface area contributed by atoms with Crippen LogP contribution in [0.1, 0.15) is 85.5 Å². The first kappa shape index (κ1) is 18.6. The molecular formula is C23H38.